The number of imidazole rings is 1. The van der Waals surface area contributed by atoms with E-state index in [9.17, 15) is 8.42 Å². The zero-order valence-electron chi connectivity index (χ0n) is 12.2. The highest BCUT2D eigenvalue weighted by Crippen LogP contribution is 2.30. The van der Waals surface area contributed by atoms with E-state index in [2.05, 4.69) is 9.97 Å². The van der Waals surface area contributed by atoms with E-state index in [0.29, 0.717) is 11.6 Å². The van der Waals surface area contributed by atoms with E-state index in [1.54, 1.807) is 17.7 Å². The molecule has 1 aromatic carbocycles. The van der Waals surface area contributed by atoms with Crippen molar-refractivity contribution in [3.8, 4) is 17.1 Å². The Bertz CT molecular complexity index is 1110. The largest absolute Gasteiger partial charge is 0.307 e. The molecule has 0 amide bonds. The van der Waals surface area contributed by atoms with Gasteiger partial charge in [-0.15, -0.1) is 0 Å². The molecule has 7 nitrogen and oxygen atoms in total. The van der Waals surface area contributed by atoms with Crippen LogP contribution in [0.1, 0.15) is 5.82 Å². The topological polar surface area (TPSA) is 95.8 Å². The SMILES string of the molecule is Cc1nc(-n2ccc3nc4ccccc4c-3c2)cn1S(N)(=O)=O. The highest BCUT2D eigenvalue weighted by Gasteiger charge is 2.16. The number of nitrogens with zero attached hydrogens (tertiary/aromatic N) is 4. The molecule has 0 atom stereocenters. The lowest BCUT2D eigenvalue weighted by atomic mass is 10.1. The molecule has 2 aliphatic rings. The highest BCUT2D eigenvalue weighted by atomic mass is 32.2. The minimum atomic E-state index is -3.86. The molecule has 8 heteroatoms. The molecule has 23 heavy (non-hydrogen) atoms. The first kappa shape index (κ1) is 13.9. The van der Waals surface area contributed by atoms with Crippen LogP contribution in [-0.4, -0.2) is 26.9 Å². The number of rotatable bonds is 2. The maximum Gasteiger partial charge on any atom is 0.303 e. The molecule has 0 aliphatic carbocycles. The summed E-state index contributed by atoms with van der Waals surface area (Å²) in [6.07, 6.45) is 5.08. The first-order valence-corrected chi connectivity index (χ1v) is 8.40. The summed E-state index contributed by atoms with van der Waals surface area (Å²) in [5.41, 5.74) is 2.78. The van der Waals surface area contributed by atoms with Crippen LogP contribution in [0, 0.1) is 6.92 Å². The monoisotopic (exact) mass is 327 g/mol. The highest BCUT2D eigenvalue weighted by molar-refractivity contribution is 7.87. The first-order chi connectivity index (χ1) is 10.9. The molecule has 2 aliphatic heterocycles. The molecular weight excluding hydrogens is 314 g/mol. The quantitative estimate of drug-likeness (QED) is 0.606. The molecule has 3 heterocycles. The molecule has 116 valence electrons. The van der Waals surface area contributed by atoms with Gasteiger partial charge in [0.2, 0.25) is 0 Å². The molecule has 1 aromatic heterocycles. The third kappa shape index (κ3) is 2.19. The van der Waals surface area contributed by atoms with Crippen LogP contribution in [0.3, 0.4) is 0 Å². The van der Waals surface area contributed by atoms with Gasteiger partial charge in [0.15, 0.2) is 5.82 Å². The summed E-state index contributed by atoms with van der Waals surface area (Å²) < 4.78 is 25.8. The van der Waals surface area contributed by atoms with Crippen molar-refractivity contribution in [1.29, 1.82) is 0 Å². The predicted molar refractivity (Wildman–Crippen MR) is 86.7 cm³/mol. The summed E-state index contributed by atoms with van der Waals surface area (Å²) in [6, 6.07) is 9.74. The van der Waals surface area contributed by atoms with Gasteiger partial charge < -0.3 is 4.57 Å². The normalized spacial score (nSPS) is 12.3. The van der Waals surface area contributed by atoms with Crippen LogP contribution < -0.4 is 5.14 Å². The Hall–Kier alpha value is -2.71. The first-order valence-electron chi connectivity index (χ1n) is 6.89. The summed E-state index contributed by atoms with van der Waals surface area (Å²) in [4.78, 5) is 8.82. The van der Waals surface area contributed by atoms with Crippen molar-refractivity contribution in [3.05, 3.63) is 54.7 Å². The van der Waals surface area contributed by atoms with Gasteiger partial charge in [-0.05, 0) is 19.1 Å². The number of para-hydroxylation sites is 1. The fraction of sp³-hybridized carbons (Fsp3) is 0.0667. The molecule has 4 rings (SSSR count). The van der Waals surface area contributed by atoms with Crippen molar-refractivity contribution in [2.24, 2.45) is 5.14 Å². The number of aromatic nitrogens is 4. The Morgan fingerprint density at radius 1 is 1.09 bits per heavy atom. The maximum atomic E-state index is 11.5. The average Bonchev–Trinajstić information content (AvgIpc) is 3.06. The molecule has 0 bridgehead atoms. The van der Waals surface area contributed by atoms with Gasteiger partial charge in [-0.2, -0.15) is 8.42 Å². The smallest absolute Gasteiger partial charge is 0.303 e. The van der Waals surface area contributed by atoms with E-state index in [1.807, 2.05) is 36.5 Å². The zero-order chi connectivity index (χ0) is 16.2. The van der Waals surface area contributed by atoms with Gasteiger partial charge >= 0.3 is 10.2 Å². The molecule has 0 unspecified atom stereocenters. The molecule has 0 saturated heterocycles. The van der Waals surface area contributed by atoms with Gasteiger partial charge in [0.25, 0.3) is 0 Å². The van der Waals surface area contributed by atoms with E-state index >= 15 is 0 Å². The molecule has 2 N–H and O–H groups in total. The lowest BCUT2D eigenvalue weighted by molar-refractivity contribution is 0.587. The van der Waals surface area contributed by atoms with Crippen molar-refractivity contribution < 1.29 is 8.42 Å². The second-order valence-electron chi connectivity index (χ2n) is 5.27. The van der Waals surface area contributed by atoms with Crippen LogP contribution in [0.4, 0.5) is 0 Å². The van der Waals surface area contributed by atoms with E-state index in [-0.39, 0.29) is 0 Å². The minimum absolute atomic E-state index is 0.306. The lowest BCUT2D eigenvalue weighted by Crippen LogP contribution is -2.22. The third-order valence-corrected chi connectivity index (χ3v) is 4.66. The van der Waals surface area contributed by atoms with E-state index in [0.717, 1.165) is 26.1 Å². The average molecular weight is 327 g/mol. The number of hydrogen-bond donors (Lipinski definition) is 1. The van der Waals surface area contributed by atoms with Crippen LogP contribution in [0.15, 0.2) is 48.9 Å². The van der Waals surface area contributed by atoms with Gasteiger partial charge in [-0.3, -0.25) is 0 Å². The fourth-order valence-corrected chi connectivity index (χ4v) is 3.34. The third-order valence-electron chi connectivity index (χ3n) is 3.74. The van der Waals surface area contributed by atoms with Crippen LogP contribution >= 0.6 is 0 Å². The van der Waals surface area contributed by atoms with Gasteiger partial charge in [-0.25, -0.2) is 19.1 Å². The second kappa shape index (κ2) is 4.64. The standard InChI is InChI=1S/C15H13N5O2S/c1-10-17-15(9-20(10)23(16,21)22)19-7-6-14-12(8-19)11-4-2-3-5-13(11)18-14/h2-9H,1H3,(H2,16,21,22). The van der Waals surface area contributed by atoms with Crippen molar-refractivity contribution in [2.45, 2.75) is 6.92 Å². The van der Waals surface area contributed by atoms with Crippen molar-refractivity contribution in [2.75, 3.05) is 0 Å². The fourth-order valence-electron chi connectivity index (χ4n) is 2.69. The molecule has 0 saturated carbocycles. The predicted octanol–water partition coefficient (Wildman–Crippen LogP) is 1.69. The molecule has 2 aromatic rings. The Kier molecular flexibility index (Phi) is 2.81. The van der Waals surface area contributed by atoms with E-state index in [1.165, 1.54) is 6.20 Å². The van der Waals surface area contributed by atoms with Crippen LogP contribution in [-0.2, 0) is 10.2 Å². The van der Waals surface area contributed by atoms with Gasteiger partial charge in [0, 0.05) is 23.3 Å². The zero-order valence-corrected chi connectivity index (χ0v) is 13.0. The van der Waals surface area contributed by atoms with E-state index < -0.39 is 10.2 Å². The van der Waals surface area contributed by atoms with Crippen molar-refractivity contribution >= 4 is 21.1 Å². The number of hydrogen-bond acceptors (Lipinski definition) is 4. The van der Waals surface area contributed by atoms with Crippen LogP contribution in [0.25, 0.3) is 28.0 Å². The molecule has 0 radical (unpaired) electrons. The summed E-state index contributed by atoms with van der Waals surface area (Å²) in [7, 11) is -3.86. The van der Waals surface area contributed by atoms with E-state index in [4.69, 9.17) is 5.14 Å². The van der Waals surface area contributed by atoms with Gasteiger partial charge in [-0.1, -0.05) is 18.2 Å². The van der Waals surface area contributed by atoms with Gasteiger partial charge in [0.1, 0.15) is 5.82 Å². The number of pyridine rings is 1. The van der Waals surface area contributed by atoms with Crippen molar-refractivity contribution in [3.63, 3.8) is 0 Å². The second-order valence-corrected chi connectivity index (χ2v) is 6.69. The van der Waals surface area contributed by atoms with Crippen LogP contribution in [0.5, 0.6) is 0 Å². The number of benzene rings is 1. The molecule has 0 spiro atoms. The van der Waals surface area contributed by atoms with Gasteiger partial charge in [0.05, 0.1) is 17.4 Å². The Morgan fingerprint density at radius 2 is 1.87 bits per heavy atom. The summed E-state index contributed by atoms with van der Waals surface area (Å²) in [6.45, 7) is 1.59. The van der Waals surface area contributed by atoms with Crippen LogP contribution in [0.2, 0.25) is 0 Å². The molecule has 0 fully saturated rings. The molecular formula is C15H13N5O2S. The Morgan fingerprint density at radius 3 is 2.61 bits per heavy atom. The summed E-state index contributed by atoms with van der Waals surface area (Å²) >= 11 is 0. The lowest BCUT2D eigenvalue weighted by Gasteiger charge is -2.05. The number of fused-ring (bicyclic) bond motifs is 3. The number of aryl methyl sites for hydroxylation is 1. The Balaban J connectivity index is 1.93. The summed E-state index contributed by atoms with van der Waals surface area (Å²) in [5, 5.41) is 6.21. The van der Waals surface area contributed by atoms with Crippen molar-refractivity contribution in [1.82, 2.24) is 18.5 Å². The maximum absolute atomic E-state index is 11.5. The summed E-state index contributed by atoms with van der Waals surface area (Å²) in [5.74, 6) is 0.782. The number of nitrogens with two attached hydrogens (primary N) is 1. The Labute approximate surface area is 132 Å². The minimum Gasteiger partial charge on any atom is -0.307 e.